The Balaban J connectivity index is 1.67. The molecular formula is C20H21N5O. The Kier molecular flexibility index (Phi) is 4.77. The van der Waals surface area contributed by atoms with Crippen LogP contribution in [0.1, 0.15) is 17.5 Å². The molecule has 132 valence electrons. The summed E-state index contributed by atoms with van der Waals surface area (Å²) in [6, 6.07) is 14.8. The van der Waals surface area contributed by atoms with E-state index in [0.717, 1.165) is 35.5 Å². The second-order valence-corrected chi connectivity index (χ2v) is 6.18. The first-order valence-corrected chi connectivity index (χ1v) is 8.71. The van der Waals surface area contributed by atoms with Crippen LogP contribution in [0.2, 0.25) is 0 Å². The summed E-state index contributed by atoms with van der Waals surface area (Å²) in [5.74, 6) is 0.859. The first-order valence-electron chi connectivity index (χ1n) is 8.71. The molecule has 1 aromatic heterocycles. The Hall–Kier alpha value is -2.96. The predicted molar refractivity (Wildman–Crippen MR) is 102 cm³/mol. The van der Waals surface area contributed by atoms with Gasteiger partial charge in [-0.1, -0.05) is 24.3 Å². The lowest BCUT2D eigenvalue weighted by Gasteiger charge is -2.13. The lowest BCUT2D eigenvalue weighted by atomic mass is 9.94. The third kappa shape index (κ3) is 3.37. The zero-order valence-electron chi connectivity index (χ0n) is 14.4. The molecular weight excluding hydrogens is 326 g/mol. The number of hydrogen-bond acceptors (Lipinski definition) is 5. The Morgan fingerprint density at radius 2 is 1.92 bits per heavy atom. The minimum Gasteiger partial charge on any atom is -0.396 e. The van der Waals surface area contributed by atoms with Crippen molar-refractivity contribution in [3.63, 3.8) is 0 Å². The van der Waals surface area contributed by atoms with Gasteiger partial charge in [-0.3, -0.25) is 0 Å². The number of benzene rings is 2. The lowest BCUT2D eigenvalue weighted by molar-refractivity contribution is 0.288. The van der Waals surface area contributed by atoms with Gasteiger partial charge in [0, 0.05) is 30.3 Å². The van der Waals surface area contributed by atoms with Crippen LogP contribution in [0.25, 0.3) is 16.8 Å². The van der Waals surface area contributed by atoms with E-state index in [1.807, 2.05) is 10.8 Å². The molecule has 26 heavy (non-hydrogen) atoms. The predicted octanol–water partition coefficient (Wildman–Crippen LogP) is 2.28. The molecule has 2 heterocycles. The second-order valence-electron chi connectivity index (χ2n) is 6.18. The van der Waals surface area contributed by atoms with Gasteiger partial charge in [0.2, 0.25) is 0 Å². The van der Waals surface area contributed by atoms with E-state index in [2.05, 4.69) is 63.3 Å². The maximum atomic E-state index is 9.26. The van der Waals surface area contributed by atoms with Gasteiger partial charge in [-0.25, -0.2) is 15.4 Å². The van der Waals surface area contributed by atoms with Crippen LogP contribution in [0.3, 0.4) is 0 Å². The molecule has 3 aromatic rings. The Morgan fingerprint density at radius 3 is 2.62 bits per heavy atom. The molecule has 4 rings (SSSR count). The minimum atomic E-state index is 0.185. The van der Waals surface area contributed by atoms with Crippen molar-refractivity contribution in [1.29, 1.82) is 0 Å². The van der Waals surface area contributed by atoms with Crippen molar-refractivity contribution in [3.05, 3.63) is 72.3 Å². The molecule has 6 nitrogen and oxygen atoms in total. The number of hydrazine groups is 1. The first kappa shape index (κ1) is 16.5. The average Bonchev–Trinajstić information content (AvgIpc) is 3.40. The van der Waals surface area contributed by atoms with Crippen molar-refractivity contribution in [2.24, 2.45) is 4.99 Å². The van der Waals surface area contributed by atoms with Crippen molar-refractivity contribution < 1.29 is 5.11 Å². The third-order valence-electron chi connectivity index (χ3n) is 4.49. The first-order chi connectivity index (χ1) is 12.8. The fraction of sp³-hybridized carbons (Fsp3) is 0.200. The molecule has 1 aliphatic heterocycles. The normalized spacial score (nSPS) is 13.5. The number of aliphatic hydroxyl groups excluding tert-OH is 1. The average molecular weight is 347 g/mol. The summed E-state index contributed by atoms with van der Waals surface area (Å²) in [5.41, 5.74) is 11.8. The van der Waals surface area contributed by atoms with Gasteiger partial charge in [0.1, 0.15) is 12.5 Å². The Morgan fingerprint density at radius 1 is 1.08 bits per heavy atom. The number of aliphatic imine (C=N–C) groups is 1. The molecule has 0 fully saturated rings. The van der Waals surface area contributed by atoms with Gasteiger partial charge >= 0.3 is 0 Å². The number of rotatable bonds is 6. The van der Waals surface area contributed by atoms with Crippen molar-refractivity contribution in [3.8, 4) is 16.8 Å². The number of nitrogens with one attached hydrogen (secondary N) is 2. The molecule has 0 bridgehead atoms. The molecule has 0 saturated carbocycles. The summed E-state index contributed by atoms with van der Waals surface area (Å²) >= 11 is 0. The summed E-state index contributed by atoms with van der Waals surface area (Å²) in [6.45, 7) is 0.767. The Labute approximate surface area is 152 Å². The van der Waals surface area contributed by atoms with E-state index in [1.165, 1.54) is 11.1 Å². The minimum absolute atomic E-state index is 0.185. The smallest absolute Gasteiger partial charge is 0.144 e. The van der Waals surface area contributed by atoms with Crippen LogP contribution in [0, 0.1) is 0 Å². The maximum absolute atomic E-state index is 9.26. The molecule has 6 heteroatoms. The lowest BCUT2D eigenvalue weighted by Crippen LogP contribution is -2.30. The van der Waals surface area contributed by atoms with E-state index >= 15 is 0 Å². The molecule has 2 aromatic carbocycles. The van der Waals surface area contributed by atoms with Gasteiger partial charge in [-0.2, -0.15) is 0 Å². The van der Waals surface area contributed by atoms with Gasteiger partial charge in [-0.15, -0.1) is 0 Å². The van der Waals surface area contributed by atoms with Crippen LogP contribution in [0.15, 0.2) is 66.2 Å². The van der Waals surface area contributed by atoms with Gasteiger partial charge < -0.3 is 15.1 Å². The zero-order chi connectivity index (χ0) is 17.8. The van der Waals surface area contributed by atoms with Crippen LogP contribution in [0.5, 0.6) is 0 Å². The summed E-state index contributed by atoms with van der Waals surface area (Å²) in [5, 5.41) is 9.26. The standard InChI is InChI=1S/C20H21N5O/c26-11-1-2-16-12-17(20-22-13-23-24-20)5-8-19(16)15-3-6-18(7-4-15)25-10-9-21-14-25/h3-10,12,14,23,26H,1-2,11,13H2,(H,22,24). The van der Waals surface area contributed by atoms with Crippen LogP contribution >= 0.6 is 0 Å². The highest BCUT2D eigenvalue weighted by Gasteiger charge is 2.12. The van der Waals surface area contributed by atoms with Crippen LogP contribution < -0.4 is 10.9 Å². The SMILES string of the molecule is OCCCc1cc(C2=NCNN2)ccc1-c1ccc(-n2ccnc2)cc1. The van der Waals surface area contributed by atoms with Crippen molar-refractivity contribution in [2.75, 3.05) is 13.3 Å². The van der Waals surface area contributed by atoms with Gasteiger partial charge in [0.05, 0.1) is 6.33 Å². The number of imidazole rings is 1. The fourth-order valence-corrected chi connectivity index (χ4v) is 3.17. The van der Waals surface area contributed by atoms with Gasteiger partial charge in [-0.05, 0) is 47.7 Å². The Bertz CT molecular complexity index is 900. The summed E-state index contributed by atoms with van der Waals surface area (Å²) in [6.07, 6.45) is 7.05. The number of aryl methyl sites for hydroxylation is 1. The second kappa shape index (κ2) is 7.51. The molecule has 1 aliphatic rings. The summed E-state index contributed by atoms with van der Waals surface area (Å²) in [7, 11) is 0. The molecule has 3 N–H and O–H groups in total. The molecule has 0 atom stereocenters. The molecule has 0 aliphatic carbocycles. The molecule has 0 amide bonds. The highest BCUT2D eigenvalue weighted by Crippen LogP contribution is 2.27. The number of amidine groups is 1. The largest absolute Gasteiger partial charge is 0.396 e. The van der Waals surface area contributed by atoms with E-state index in [1.54, 1.807) is 12.5 Å². The molecule has 0 unspecified atom stereocenters. The van der Waals surface area contributed by atoms with E-state index in [0.29, 0.717) is 6.67 Å². The quantitative estimate of drug-likeness (QED) is 0.639. The molecule has 0 radical (unpaired) electrons. The molecule has 0 saturated heterocycles. The van der Waals surface area contributed by atoms with Crippen molar-refractivity contribution >= 4 is 5.84 Å². The van der Waals surface area contributed by atoms with Gasteiger partial charge in [0.25, 0.3) is 0 Å². The highest BCUT2D eigenvalue weighted by atomic mass is 16.2. The molecule has 0 spiro atoms. The number of aliphatic hydroxyl groups is 1. The highest BCUT2D eigenvalue weighted by molar-refractivity contribution is 6.00. The number of hydrogen-bond donors (Lipinski definition) is 3. The van der Waals surface area contributed by atoms with E-state index in [9.17, 15) is 5.11 Å². The number of nitrogens with zero attached hydrogens (tertiary/aromatic N) is 3. The van der Waals surface area contributed by atoms with Crippen molar-refractivity contribution in [2.45, 2.75) is 12.8 Å². The summed E-state index contributed by atoms with van der Waals surface area (Å²) in [4.78, 5) is 8.50. The maximum Gasteiger partial charge on any atom is 0.144 e. The van der Waals surface area contributed by atoms with Crippen LogP contribution in [-0.4, -0.2) is 33.8 Å². The van der Waals surface area contributed by atoms with Gasteiger partial charge in [0.15, 0.2) is 0 Å². The van der Waals surface area contributed by atoms with Crippen LogP contribution in [0.4, 0.5) is 0 Å². The fourth-order valence-electron chi connectivity index (χ4n) is 3.17. The monoisotopic (exact) mass is 347 g/mol. The third-order valence-corrected chi connectivity index (χ3v) is 4.49. The van der Waals surface area contributed by atoms with E-state index < -0.39 is 0 Å². The van der Waals surface area contributed by atoms with E-state index in [4.69, 9.17) is 0 Å². The zero-order valence-corrected chi connectivity index (χ0v) is 14.4. The summed E-state index contributed by atoms with van der Waals surface area (Å²) < 4.78 is 1.98. The van der Waals surface area contributed by atoms with E-state index in [-0.39, 0.29) is 6.61 Å². The van der Waals surface area contributed by atoms with Crippen molar-refractivity contribution in [1.82, 2.24) is 20.4 Å². The number of aromatic nitrogens is 2. The van der Waals surface area contributed by atoms with Crippen LogP contribution in [-0.2, 0) is 6.42 Å². The topological polar surface area (TPSA) is 74.5 Å².